The number of nitrogens with zero attached hydrogens (tertiary/aromatic N) is 2. The van der Waals surface area contributed by atoms with Crippen molar-refractivity contribution in [1.29, 1.82) is 0 Å². The van der Waals surface area contributed by atoms with Crippen LogP contribution in [0.3, 0.4) is 0 Å². The van der Waals surface area contributed by atoms with Gasteiger partial charge in [0.2, 0.25) is 0 Å². The van der Waals surface area contributed by atoms with Gasteiger partial charge in [0.1, 0.15) is 17.5 Å². The molecule has 0 spiro atoms. The monoisotopic (exact) mass is 255 g/mol. The van der Waals surface area contributed by atoms with E-state index < -0.39 is 10.8 Å². The minimum Gasteiger partial charge on any atom is -0.369 e. The molecule has 94 valence electrons. The van der Waals surface area contributed by atoms with Gasteiger partial charge in [0.25, 0.3) is 0 Å². The lowest BCUT2D eigenvalue weighted by Crippen LogP contribution is -2.14. The van der Waals surface area contributed by atoms with E-state index in [1.54, 1.807) is 12.3 Å². The molecule has 0 bridgehead atoms. The summed E-state index contributed by atoms with van der Waals surface area (Å²) in [6, 6.07) is 1.75. The highest BCUT2D eigenvalue weighted by molar-refractivity contribution is 7.84. The third-order valence-corrected chi connectivity index (χ3v) is 3.31. The highest BCUT2D eigenvalue weighted by atomic mass is 32.2. The average Bonchev–Trinajstić information content (AvgIpc) is 3.12. The van der Waals surface area contributed by atoms with Gasteiger partial charge in [0, 0.05) is 41.3 Å². The molecule has 0 saturated heterocycles. The van der Waals surface area contributed by atoms with Gasteiger partial charge in [-0.3, -0.25) is 4.21 Å². The summed E-state index contributed by atoms with van der Waals surface area (Å²) >= 11 is 0. The molecule has 1 unspecified atom stereocenters. The van der Waals surface area contributed by atoms with Crippen molar-refractivity contribution in [1.82, 2.24) is 9.97 Å². The topological polar surface area (TPSA) is 92.9 Å². The van der Waals surface area contributed by atoms with E-state index in [0.29, 0.717) is 24.0 Å². The van der Waals surface area contributed by atoms with Crippen molar-refractivity contribution in [2.24, 2.45) is 5.84 Å². The predicted molar refractivity (Wildman–Crippen MR) is 69.2 cm³/mol. The van der Waals surface area contributed by atoms with Crippen LogP contribution in [0.25, 0.3) is 0 Å². The molecule has 1 atom stereocenters. The minimum absolute atomic E-state index is 0.476. The Bertz CT molecular complexity index is 421. The molecular weight excluding hydrogens is 238 g/mol. The Morgan fingerprint density at radius 1 is 1.47 bits per heavy atom. The largest absolute Gasteiger partial charge is 0.369 e. The number of nitrogens with one attached hydrogen (secondary N) is 2. The van der Waals surface area contributed by atoms with E-state index in [-0.39, 0.29) is 0 Å². The zero-order chi connectivity index (χ0) is 12.3. The molecule has 0 aliphatic heterocycles. The Morgan fingerprint density at radius 2 is 2.18 bits per heavy atom. The van der Waals surface area contributed by atoms with Crippen molar-refractivity contribution in [3.05, 3.63) is 11.9 Å². The minimum atomic E-state index is -0.794. The van der Waals surface area contributed by atoms with Crippen LogP contribution in [-0.4, -0.2) is 32.7 Å². The van der Waals surface area contributed by atoms with Gasteiger partial charge in [0.05, 0.1) is 0 Å². The van der Waals surface area contributed by atoms with Crippen LogP contribution >= 0.6 is 0 Å². The van der Waals surface area contributed by atoms with E-state index >= 15 is 0 Å². The fourth-order valence-electron chi connectivity index (χ4n) is 1.48. The molecule has 1 saturated carbocycles. The van der Waals surface area contributed by atoms with Crippen LogP contribution in [0.2, 0.25) is 0 Å². The Labute approximate surface area is 103 Å². The molecule has 1 heterocycles. The van der Waals surface area contributed by atoms with Crippen LogP contribution in [0.4, 0.5) is 11.6 Å². The summed E-state index contributed by atoms with van der Waals surface area (Å²) in [6.45, 7) is 0.633. The molecule has 2 rings (SSSR count). The molecule has 7 heteroatoms. The van der Waals surface area contributed by atoms with E-state index in [9.17, 15) is 4.21 Å². The molecule has 1 aromatic rings. The second-order valence-corrected chi connectivity index (χ2v) is 5.67. The molecule has 17 heavy (non-hydrogen) atoms. The molecule has 0 amide bonds. The number of hydrazine groups is 1. The third kappa shape index (κ3) is 3.64. The first kappa shape index (κ1) is 12.3. The summed E-state index contributed by atoms with van der Waals surface area (Å²) in [5.41, 5.74) is 2.54. The summed E-state index contributed by atoms with van der Waals surface area (Å²) in [4.78, 5) is 8.73. The number of anilines is 2. The van der Waals surface area contributed by atoms with Gasteiger partial charge in [-0.2, -0.15) is 0 Å². The van der Waals surface area contributed by atoms with Crippen LogP contribution in [-0.2, 0) is 10.8 Å². The van der Waals surface area contributed by atoms with Crippen LogP contribution in [0, 0.1) is 0 Å². The number of nitrogens with two attached hydrogens (primary N) is 1. The lowest BCUT2D eigenvalue weighted by Gasteiger charge is -2.08. The molecule has 1 fully saturated rings. The molecule has 0 radical (unpaired) electrons. The summed E-state index contributed by atoms with van der Waals surface area (Å²) in [5.74, 6) is 8.63. The summed E-state index contributed by atoms with van der Waals surface area (Å²) in [5, 5.41) is 3.13. The molecule has 6 nitrogen and oxygen atoms in total. The van der Waals surface area contributed by atoms with Crippen molar-refractivity contribution in [3.63, 3.8) is 0 Å². The smallest absolute Gasteiger partial charge is 0.145 e. The standard InChI is InChI=1S/C10H17N5OS/c1-17(16)5-4-12-8-6-9(15-11)14-10(13-8)7-2-3-7/h6-7H,2-5,11H2,1H3,(H2,12,13,14,15). The van der Waals surface area contributed by atoms with Gasteiger partial charge in [0.15, 0.2) is 0 Å². The summed E-state index contributed by atoms with van der Waals surface area (Å²) in [6.07, 6.45) is 3.98. The SMILES string of the molecule is CS(=O)CCNc1cc(NN)nc(C2CC2)n1. The van der Waals surface area contributed by atoms with Gasteiger partial charge in [-0.05, 0) is 12.8 Å². The van der Waals surface area contributed by atoms with Gasteiger partial charge < -0.3 is 10.7 Å². The average molecular weight is 255 g/mol. The first-order valence-corrected chi connectivity index (χ1v) is 7.31. The maximum Gasteiger partial charge on any atom is 0.145 e. The summed E-state index contributed by atoms with van der Waals surface area (Å²) < 4.78 is 10.9. The predicted octanol–water partition coefficient (Wildman–Crippen LogP) is 0.430. The zero-order valence-corrected chi connectivity index (χ0v) is 10.6. The van der Waals surface area contributed by atoms with E-state index in [4.69, 9.17) is 5.84 Å². The first-order chi connectivity index (χ1) is 8.19. The lowest BCUT2D eigenvalue weighted by atomic mass is 10.4. The molecular formula is C10H17N5OS. The first-order valence-electron chi connectivity index (χ1n) is 5.58. The number of nitrogen functional groups attached to an aromatic ring is 1. The quantitative estimate of drug-likeness (QED) is 0.504. The number of hydrogen-bond acceptors (Lipinski definition) is 6. The summed E-state index contributed by atoms with van der Waals surface area (Å²) in [7, 11) is -0.794. The van der Waals surface area contributed by atoms with E-state index in [2.05, 4.69) is 20.7 Å². The second kappa shape index (κ2) is 5.42. The van der Waals surface area contributed by atoms with Gasteiger partial charge >= 0.3 is 0 Å². The lowest BCUT2D eigenvalue weighted by molar-refractivity contribution is 0.687. The number of aromatic nitrogens is 2. The Kier molecular flexibility index (Phi) is 3.90. The van der Waals surface area contributed by atoms with E-state index in [1.165, 1.54) is 0 Å². The maximum absolute atomic E-state index is 10.9. The van der Waals surface area contributed by atoms with Crippen molar-refractivity contribution in [2.75, 3.05) is 29.3 Å². The van der Waals surface area contributed by atoms with E-state index in [0.717, 1.165) is 24.5 Å². The van der Waals surface area contributed by atoms with Crippen LogP contribution < -0.4 is 16.6 Å². The zero-order valence-electron chi connectivity index (χ0n) is 9.77. The Morgan fingerprint density at radius 3 is 2.76 bits per heavy atom. The molecule has 1 aliphatic carbocycles. The van der Waals surface area contributed by atoms with E-state index in [1.807, 2.05) is 0 Å². The molecule has 0 aromatic carbocycles. The normalized spacial score (nSPS) is 16.6. The number of hydrogen-bond donors (Lipinski definition) is 3. The highest BCUT2D eigenvalue weighted by Crippen LogP contribution is 2.38. The van der Waals surface area contributed by atoms with Crippen molar-refractivity contribution >= 4 is 22.4 Å². The van der Waals surface area contributed by atoms with Gasteiger partial charge in [-0.15, -0.1) is 0 Å². The fraction of sp³-hybridized carbons (Fsp3) is 0.600. The third-order valence-electron chi connectivity index (χ3n) is 2.53. The van der Waals surface area contributed by atoms with Gasteiger partial charge in [-0.25, -0.2) is 15.8 Å². The van der Waals surface area contributed by atoms with Crippen molar-refractivity contribution in [3.8, 4) is 0 Å². The van der Waals surface area contributed by atoms with Crippen molar-refractivity contribution in [2.45, 2.75) is 18.8 Å². The fourth-order valence-corrected chi connectivity index (χ4v) is 1.87. The van der Waals surface area contributed by atoms with Crippen LogP contribution in [0.1, 0.15) is 24.6 Å². The van der Waals surface area contributed by atoms with Crippen LogP contribution in [0.5, 0.6) is 0 Å². The van der Waals surface area contributed by atoms with Crippen LogP contribution in [0.15, 0.2) is 6.07 Å². The molecule has 1 aliphatic rings. The van der Waals surface area contributed by atoms with Gasteiger partial charge in [-0.1, -0.05) is 0 Å². The Balaban J connectivity index is 2.04. The Hall–Kier alpha value is -1.21. The molecule has 4 N–H and O–H groups in total. The highest BCUT2D eigenvalue weighted by Gasteiger charge is 2.27. The maximum atomic E-state index is 10.9. The number of rotatable bonds is 6. The van der Waals surface area contributed by atoms with Crippen molar-refractivity contribution < 1.29 is 4.21 Å². The second-order valence-electron chi connectivity index (χ2n) is 4.12. The molecule has 1 aromatic heterocycles.